The maximum absolute atomic E-state index is 13.6. The number of carbonyl (C=O) groups is 1. The second kappa shape index (κ2) is 6.52. The number of pyridine rings is 1. The van der Waals surface area contributed by atoms with Gasteiger partial charge in [-0.25, -0.2) is 0 Å². The molecule has 150 valence electrons. The smallest absolute Gasteiger partial charge is 0.271 e. The van der Waals surface area contributed by atoms with Gasteiger partial charge in [0.25, 0.3) is 11.5 Å². The molecule has 29 heavy (non-hydrogen) atoms. The molecule has 1 amide bonds. The van der Waals surface area contributed by atoms with Crippen molar-refractivity contribution in [2.45, 2.75) is 31.4 Å². The quantitative estimate of drug-likeness (QED) is 0.674. The first-order valence-corrected chi connectivity index (χ1v) is 9.79. The van der Waals surface area contributed by atoms with Crippen molar-refractivity contribution in [1.82, 2.24) is 19.7 Å². The molecule has 0 spiro atoms. The van der Waals surface area contributed by atoms with Crippen molar-refractivity contribution in [1.29, 1.82) is 0 Å². The molecule has 3 heterocycles. The minimum Gasteiger partial charge on any atom is -0.420 e. The monoisotopic (exact) mass is 394 g/mol. The zero-order valence-electron chi connectivity index (χ0n) is 16.4. The average Bonchev–Trinajstić information content (AvgIpc) is 3.27. The number of carbonyl (C=O) groups excluding carboxylic acids is 1. The minimum atomic E-state index is -0.586. The zero-order valence-corrected chi connectivity index (χ0v) is 16.4. The maximum Gasteiger partial charge on any atom is 0.271 e. The normalized spacial score (nSPS) is 23.2. The van der Waals surface area contributed by atoms with Crippen molar-refractivity contribution in [2.75, 3.05) is 13.7 Å². The number of fused-ring (bicyclic) bond motifs is 2. The molecule has 2 aromatic heterocycles. The van der Waals surface area contributed by atoms with E-state index in [4.69, 9.17) is 9.15 Å². The van der Waals surface area contributed by atoms with Crippen LogP contribution in [0.1, 0.15) is 41.5 Å². The van der Waals surface area contributed by atoms with Crippen molar-refractivity contribution >= 4 is 16.7 Å². The van der Waals surface area contributed by atoms with Gasteiger partial charge in [0.1, 0.15) is 17.8 Å². The number of aromatic nitrogens is 3. The molecule has 2 aliphatic rings. The molecule has 8 heteroatoms. The van der Waals surface area contributed by atoms with E-state index in [0.29, 0.717) is 35.3 Å². The third kappa shape index (κ3) is 2.48. The Morgan fingerprint density at radius 1 is 1.31 bits per heavy atom. The number of methoxy groups -OCH3 is 1. The van der Waals surface area contributed by atoms with Gasteiger partial charge in [-0.05, 0) is 42.7 Å². The van der Waals surface area contributed by atoms with Gasteiger partial charge in [0.05, 0.1) is 0 Å². The molecule has 8 nitrogen and oxygen atoms in total. The Morgan fingerprint density at radius 2 is 2.14 bits per heavy atom. The number of hydrogen-bond donors (Lipinski definition) is 0. The molecular formula is C21H22N4O4. The summed E-state index contributed by atoms with van der Waals surface area (Å²) in [7, 11) is 3.21. The van der Waals surface area contributed by atoms with Crippen LogP contribution in [0, 0.1) is 5.92 Å². The third-order valence-corrected chi connectivity index (χ3v) is 6.45. The summed E-state index contributed by atoms with van der Waals surface area (Å²) in [6.45, 7) is 0.841. The molecule has 5 rings (SSSR count). The van der Waals surface area contributed by atoms with E-state index in [1.54, 1.807) is 26.3 Å². The summed E-state index contributed by atoms with van der Waals surface area (Å²) < 4.78 is 12.4. The van der Waals surface area contributed by atoms with E-state index in [9.17, 15) is 9.59 Å². The lowest BCUT2D eigenvalue weighted by Crippen LogP contribution is -2.54. The summed E-state index contributed by atoms with van der Waals surface area (Å²) in [5, 5.41) is 9.68. The van der Waals surface area contributed by atoms with Crippen LogP contribution < -0.4 is 5.56 Å². The molecule has 0 unspecified atom stereocenters. The first kappa shape index (κ1) is 18.1. The molecule has 0 N–H and O–H groups in total. The number of benzene rings is 1. The molecule has 1 saturated carbocycles. The summed E-state index contributed by atoms with van der Waals surface area (Å²) in [6.07, 6.45) is 2.68. The van der Waals surface area contributed by atoms with Gasteiger partial charge in [0.15, 0.2) is 0 Å². The minimum absolute atomic E-state index is 0.176. The fraction of sp³-hybridized carbons (Fsp3) is 0.429. The van der Waals surface area contributed by atoms with Gasteiger partial charge in [-0.1, -0.05) is 18.2 Å². The summed E-state index contributed by atoms with van der Waals surface area (Å²) >= 11 is 0. The molecular weight excluding hydrogens is 372 g/mol. The number of ether oxygens (including phenoxy) is 1. The van der Waals surface area contributed by atoms with Gasteiger partial charge in [0.2, 0.25) is 11.8 Å². The highest BCUT2D eigenvalue weighted by atomic mass is 16.5. The Balaban J connectivity index is 1.58. The van der Waals surface area contributed by atoms with Gasteiger partial charge in [-0.2, -0.15) is 0 Å². The van der Waals surface area contributed by atoms with Crippen molar-refractivity contribution in [3.05, 3.63) is 58.2 Å². The highest BCUT2D eigenvalue weighted by Crippen LogP contribution is 2.56. The zero-order chi connectivity index (χ0) is 20.2. The van der Waals surface area contributed by atoms with E-state index >= 15 is 0 Å². The SMILES string of the molecule is COCc1nnc([C@]23CC[C@H]2CCN3C(=O)c2cc3ccccc3c(=O)n2C)o1. The molecule has 2 atom stereocenters. The van der Waals surface area contributed by atoms with Gasteiger partial charge >= 0.3 is 0 Å². The predicted molar refractivity (Wildman–Crippen MR) is 104 cm³/mol. The predicted octanol–water partition coefficient (Wildman–Crippen LogP) is 2.22. The molecule has 1 aliphatic carbocycles. The van der Waals surface area contributed by atoms with Gasteiger partial charge in [0, 0.05) is 26.1 Å². The van der Waals surface area contributed by atoms with E-state index < -0.39 is 5.54 Å². The van der Waals surface area contributed by atoms with E-state index in [1.165, 1.54) is 4.57 Å². The third-order valence-electron chi connectivity index (χ3n) is 6.45. The molecule has 3 aromatic rings. The van der Waals surface area contributed by atoms with Crippen molar-refractivity contribution in [3.63, 3.8) is 0 Å². The van der Waals surface area contributed by atoms with Crippen LogP contribution in [0.25, 0.3) is 10.8 Å². The van der Waals surface area contributed by atoms with Crippen LogP contribution in [0.2, 0.25) is 0 Å². The first-order chi connectivity index (χ1) is 14.1. The largest absolute Gasteiger partial charge is 0.420 e. The number of rotatable bonds is 4. The van der Waals surface area contributed by atoms with Crippen molar-refractivity contribution in [2.24, 2.45) is 13.0 Å². The van der Waals surface area contributed by atoms with E-state index in [2.05, 4.69) is 10.2 Å². The molecule has 1 aromatic carbocycles. The summed E-state index contributed by atoms with van der Waals surface area (Å²) in [5.41, 5.74) is -0.389. The van der Waals surface area contributed by atoms with Crippen LogP contribution in [0.3, 0.4) is 0 Å². The van der Waals surface area contributed by atoms with Crippen LogP contribution >= 0.6 is 0 Å². The highest BCUT2D eigenvalue weighted by molar-refractivity contribution is 5.97. The van der Waals surface area contributed by atoms with Gasteiger partial charge in [-0.15, -0.1) is 10.2 Å². The molecule has 1 saturated heterocycles. The first-order valence-electron chi connectivity index (χ1n) is 9.79. The van der Waals surface area contributed by atoms with Crippen LogP contribution in [-0.4, -0.2) is 39.2 Å². The molecule has 0 radical (unpaired) electrons. The number of likely N-dealkylation sites (tertiary alicyclic amines) is 1. The average molecular weight is 394 g/mol. The van der Waals surface area contributed by atoms with Crippen LogP contribution in [0.5, 0.6) is 0 Å². The van der Waals surface area contributed by atoms with Gasteiger partial charge < -0.3 is 18.6 Å². The topological polar surface area (TPSA) is 90.5 Å². The standard InChI is InChI=1S/C21H22N4O4/c1-24-16(11-13-5-3-4-6-15(13)18(24)26)19(27)25-10-8-14-7-9-21(14,25)20-23-22-17(29-20)12-28-2/h3-6,11,14H,7-10,12H2,1-2H3/t14-,21-/m0/s1. The van der Waals surface area contributed by atoms with Crippen molar-refractivity contribution < 1.29 is 13.9 Å². The van der Waals surface area contributed by atoms with Crippen LogP contribution in [-0.2, 0) is 23.9 Å². The second-order valence-corrected chi connectivity index (χ2v) is 7.82. The number of hydrogen-bond acceptors (Lipinski definition) is 6. The summed E-state index contributed by atoms with van der Waals surface area (Å²) in [4.78, 5) is 28.2. The van der Waals surface area contributed by atoms with E-state index in [-0.39, 0.29) is 18.1 Å². The van der Waals surface area contributed by atoms with Crippen molar-refractivity contribution in [3.8, 4) is 0 Å². The van der Waals surface area contributed by atoms with Crippen LogP contribution in [0.4, 0.5) is 0 Å². The molecule has 1 aliphatic heterocycles. The van der Waals surface area contributed by atoms with E-state index in [1.807, 2.05) is 23.1 Å². The lowest BCUT2D eigenvalue weighted by Gasteiger charge is -2.47. The Hall–Kier alpha value is -3.00. The van der Waals surface area contributed by atoms with Gasteiger partial charge in [-0.3, -0.25) is 9.59 Å². The lowest BCUT2D eigenvalue weighted by molar-refractivity contribution is -0.00522. The highest BCUT2D eigenvalue weighted by Gasteiger charge is 2.61. The maximum atomic E-state index is 13.6. The lowest BCUT2D eigenvalue weighted by atomic mass is 9.67. The summed E-state index contributed by atoms with van der Waals surface area (Å²) in [5.74, 6) is 0.987. The fourth-order valence-corrected chi connectivity index (χ4v) is 4.83. The Kier molecular flexibility index (Phi) is 4.06. The Morgan fingerprint density at radius 3 is 2.90 bits per heavy atom. The summed E-state index contributed by atoms with van der Waals surface area (Å²) in [6, 6.07) is 9.12. The number of amides is 1. The Bertz CT molecular complexity index is 1170. The fourth-order valence-electron chi connectivity index (χ4n) is 4.83. The number of nitrogens with zero attached hydrogens (tertiary/aromatic N) is 4. The van der Waals surface area contributed by atoms with E-state index in [0.717, 1.165) is 24.6 Å². The van der Waals surface area contributed by atoms with Crippen LogP contribution in [0.15, 0.2) is 39.5 Å². The molecule has 0 bridgehead atoms. The second-order valence-electron chi connectivity index (χ2n) is 7.82. The Labute approximate surface area is 167 Å². The molecule has 2 fully saturated rings.